The molecule has 4 saturated carbocycles. The molecule has 1 aromatic rings. The van der Waals surface area contributed by atoms with Gasteiger partial charge in [-0.05, 0) is 74.5 Å². The molecule has 1 aliphatic heterocycles. The second kappa shape index (κ2) is 7.36. The van der Waals surface area contributed by atoms with Gasteiger partial charge >= 0.3 is 10.2 Å². The zero-order valence-electron chi connectivity index (χ0n) is 16.8. The van der Waals surface area contributed by atoms with Crippen LogP contribution in [0, 0.1) is 17.8 Å². The summed E-state index contributed by atoms with van der Waals surface area (Å²) in [6, 6.07) is 6.81. The molecule has 1 saturated heterocycles. The Bertz CT molecular complexity index is 939. The molecule has 164 valence electrons. The van der Waals surface area contributed by atoms with Crippen LogP contribution < -0.4 is 9.62 Å². The maximum atomic E-state index is 13.1. The number of hydrogen-bond acceptors (Lipinski definition) is 4. The Morgan fingerprint density at radius 1 is 1.20 bits per heavy atom. The van der Waals surface area contributed by atoms with E-state index in [-0.39, 0.29) is 18.5 Å². The lowest BCUT2D eigenvalue weighted by atomic mass is 9.52. The van der Waals surface area contributed by atoms with Crippen LogP contribution in [0.2, 0.25) is 5.02 Å². The Balaban J connectivity index is 1.27. The van der Waals surface area contributed by atoms with Crippen LogP contribution in [0.25, 0.3) is 0 Å². The van der Waals surface area contributed by atoms with E-state index >= 15 is 0 Å². The molecule has 1 amide bonds. The van der Waals surface area contributed by atoms with Gasteiger partial charge in [-0.1, -0.05) is 17.7 Å². The molecule has 2 unspecified atom stereocenters. The van der Waals surface area contributed by atoms with Gasteiger partial charge in [-0.25, -0.2) is 0 Å². The number of anilines is 1. The summed E-state index contributed by atoms with van der Waals surface area (Å²) in [6.45, 7) is 0.517. The van der Waals surface area contributed by atoms with E-state index in [2.05, 4.69) is 5.32 Å². The van der Waals surface area contributed by atoms with Crippen molar-refractivity contribution in [2.45, 2.75) is 50.2 Å². The fourth-order valence-corrected chi connectivity index (χ4v) is 8.27. The predicted molar refractivity (Wildman–Crippen MR) is 114 cm³/mol. The molecule has 4 aliphatic carbocycles. The zero-order chi connectivity index (χ0) is 21.1. The van der Waals surface area contributed by atoms with Crippen LogP contribution in [0.1, 0.15) is 38.5 Å². The van der Waals surface area contributed by atoms with Gasteiger partial charge in [-0.15, -0.1) is 0 Å². The molecule has 2 atom stereocenters. The predicted octanol–water partition coefficient (Wildman–Crippen LogP) is 2.15. The lowest BCUT2D eigenvalue weighted by Crippen LogP contribution is -2.62. The zero-order valence-corrected chi connectivity index (χ0v) is 18.4. The topological polar surface area (TPSA) is 90.0 Å². The van der Waals surface area contributed by atoms with Crippen LogP contribution in [0.3, 0.4) is 0 Å². The minimum atomic E-state index is -3.79. The lowest BCUT2D eigenvalue weighted by molar-refractivity contribution is -0.146. The van der Waals surface area contributed by atoms with E-state index in [0.29, 0.717) is 48.0 Å². The Morgan fingerprint density at radius 3 is 2.60 bits per heavy atom. The summed E-state index contributed by atoms with van der Waals surface area (Å²) in [4.78, 5) is 12.8. The smallest absolute Gasteiger partial charge is 0.304 e. The number of carbonyl (C=O) groups excluding carboxylic acids is 1. The Labute approximate surface area is 182 Å². The van der Waals surface area contributed by atoms with Crippen LogP contribution in [0.15, 0.2) is 24.3 Å². The van der Waals surface area contributed by atoms with E-state index in [1.54, 1.807) is 24.3 Å². The van der Waals surface area contributed by atoms with Crippen molar-refractivity contribution >= 4 is 33.4 Å². The summed E-state index contributed by atoms with van der Waals surface area (Å²) in [7, 11) is -3.79. The third-order valence-electron chi connectivity index (χ3n) is 7.36. The van der Waals surface area contributed by atoms with Crippen molar-refractivity contribution in [1.82, 2.24) is 9.62 Å². The molecule has 30 heavy (non-hydrogen) atoms. The van der Waals surface area contributed by atoms with Crippen molar-refractivity contribution in [3.63, 3.8) is 0 Å². The third kappa shape index (κ3) is 3.61. The van der Waals surface area contributed by atoms with Gasteiger partial charge < -0.3 is 10.4 Å². The van der Waals surface area contributed by atoms with E-state index in [4.69, 9.17) is 11.6 Å². The molecule has 1 heterocycles. The third-order valence-corrected chi connectivity index (χ3v) is 9.51. The lowest BCUT2D eigenvalue weighted by Gasteiger charge is -2.58. The highest BCUT2D eigenvalue weighted by atomic mass is 35.5. The fourth-order valence-electron chi connectivity index (χ4n) is 6.42. The molecule has 5 aliphatic rings. The quantitative estimate of drug-likeness (QED) is 0.731. The maximum Gasteiger partial charge on any atom is 0.304 e. The summed E-state index contributed by atoms with van der Waals surface area (Å²) in [5.74, 6) is 0.905. The number of aliphatic hydroxyl groups is 1. The first-order valence-electron chi connectivity index (χ1n) is 10.8. The molecule has 9 heteroatoms. The Kier molecular flexibility index (Phi) is 5.04. The van der Waals surface area contributed by atoms with Gasteiger partial charge in [-0.2, -0.15) is 12.7 Å². The number of benzene rings is 1. The first kappa shape index (κ1) is 20.5. The van der Waals surface area contributed by atoms with E-state index in [1.807, 2.05) is 0 Å². The van der Waals surface area contributed by atoms with Crippen molar-refractivity contribution < 1.29 is 18.3 Å². The van der Waals surface area contributed by atoms with E-state index < -0.39 is 15.8 Å². The van der Waals surface area contributed by atoms with Gasteiger partial charge in [0.2, 0.25) is 5.91 Å². The fraction of sp³-hybridized carbons (Fsp3) is 0.667. The van der Waals surface area contributed by atoms with Gasteiger partial charge in [0.1, 0.15) is 0 Å². The number of rotatable bonds is 4. The maximum absolute atomic E-state index is 13.1. The van der Waals surface area contributed by atoms with Crippen LogP contribution in [0.4, 0.5) is 5.69 Å². The molecule has 0 aromatic heterocycles. The summed E-state index contributed by atoms with van der Waals surface area (Å²) in [6.07, 6.45) is 5.13. The average molecular weight is 454 g/mol. The van der Waals surface area contributed by atoms with Crippen molar-refractivity contribution in [2.75, 3.05) is 23.9 Å². The van der Waals surface area contributed by atoms with Crippen LogP contribution in [-0.4, -0.2) is 55.0 Å². The van der Waals surface area contributed by atoms with Crippen molar-refractivity contribution in [2.24, 2.45) is 17.8 Å². The largest absolute Gasteiger partial charge is 0.390 e. The molecule has 5 fully saturated rings. The second-order valence-corrected chi connectivity index (χ2v) is 11.8. The molecular weight excluding hydrogens is 426 g/mol. The normalized spacial score (nSPS) is 37.3. The average Bonchev–Trinajstić information content (AvgIpc) is 2.65. The Hall–Kier alpha value is -1.35. The minimum Gasteiger partial charge on any atom is -0.390 e. The molecule has 6 rings (SSSR count). The van der Waals surface area contributed by atoms with Crippen LogP contribution in [0.5, 0.6) is 0 Å². The molecule has 4 bridgehead atoms. The highest BCUT2D eigenvalue weighted by molar-refractivity contribution is 7.90. The molecule has 2 N–H and O–H groups in total. The first-order valence-corrected chi connectivity index (χ1v) is 12.6. The first-order chi connectivity index (χ1) is 14.2. The highest BCUT2D eigenvalue weighted by Crippen LogP contribution is 2.55. The summed E-state index contributed by atoms with van der Waals surface area (Å²) >= 11 is 6.04. The van der Waals surface area contributed by atoms with Crippen molar-refractivity contribution in [3.8, 4) is 0 Å². The SMILES string of the molecule is O=C(CN1CCCN(c2cccc(Cl)c2)S1(=O)=O)NC1C2CC3CC1CC(O)(C3)C2. The van der Waals surface area contributed by atoms with E-state index in [1.165, 1.54) is 8.61 Å². The molecule has 0 radical (unpaired) electrons. The van der Waals surface area contributed by atoms with E-state index in [9.17, 15) is 18.3 Å². The van der Waals surface area contributed by atoms with Gasteiger partial charge in [0.15, 0.2) is 0 Å². The number of nitrogens with zero attached hydrogens (tertiary/aromatic N) is 2. The highest BCUT2D eigenvalue weighted by Gasteiger charge is 2.55. The van der Waals surface area contributed by atoms with Crippen LogP contribution >= 0.6 is 11.6 Å². The molecule has 7 nitrogen and oxygen atoms in total. The molecule has 0 spiro atoms. The summed E-state index contributed by atoms with van der Waals surface area (Å²) in [5.41, 5.74) is -0.0346. The number of halogens is 1. The second-order valence-electron chi connectivity index (χ2n) is 9.53. The summed E-state index contributed by atoms with van der Waals surface area (Å²) in [5, 5.41) is 14.3. The Morgan fingerprint density at radius 2 is 1.93 bits per heavy atom. The monoisotopic (exact) mass is 453 g/mol. The van der Waals surface area contributed by atoms with Gasteiger partial charge in [-0.3, -0.25) is 9.10 Å². The van der Waals surface area contributed by atoms with Gasteiger partial charge in [0, 0.05) is 24.2 Å². The molecular formula is C21H28ClN3O4S. The van der Waals surface area contributed by atoms with Crippen molar-refractivity contribution in [1.29, 1.82) is 0 Å². The number of carbonyl (C=O) groups is 1. The van der Waals surface area contributed by atoms with Crippen LogP contribution in [-0.2, 0) is 15.0 Å². The number of nitrogens with one attached hydrogen (secondary N) is 1. The van der Waals surface area contributed by atoms with Gasteiger partial charge in [0.05, 0.1) is 17.8 Å². The molecule has 1 aromatic carbocycles. The van der Waals surface area contributed by atoms with Gasteiger partial charge in [0.25, 0.3) is 0 Å². The standard InChI is InChI=1S/C21H28ClN3O4S/c22-17-3-1-4-18(9-17)25-6-2-5-24(30(25,28)29)13-19(26)23-20-15-7-14-8-16(20)12-21(27,10-14)11-15/h1,3-4,9,14-16,20,27H,2,5-8,10-13H2,(H,23,26). The summed E-state index contributed by atoms with van der Waals surface area (Å²) < 4.78 is 28.9. The number of amides is 1. The number of hydrogen-bond donors (Lipinski definition) is 2. The minimum absolute atomic E-state index is 0.0471. The van der Waals surface area contributed by atoms with Crippen molar-refractivity contribution in [3.05, 3.63) is 29.3 Å². The van der Waals surface area contributed by atoms with E-state index in [0.717, 1.165) is 32.1 Å².